The number of benzene rings is 15. The largest absolute Gasteiger partial charge is 0.447 e. The predicted molar refractivity (Wildman–Crippen MR) is 426 cm³/mol. The Kier molecular flexibility index (Phi) is 22.7. The van der Waals surface area contributed by atoms with Crippen LogP contribution < -0.4 is 4.74 Å². The first-order chi connectivity index (χ1) is 57.0. The van der Waals surface area contributed by atoms with Crippen LogP contribution in [0.5, 0.6) is 11.5 Å². The summed E-state index contributed by atoms with van der Waals surface area (Å²) in [6.07, 6.45) is 0. The molecule has 4 aliphatic heterocycles. The van der Waals surface area contributed by atoms with Crippen molar-refractivity contribution in [3.63, 3.8) is 0 Å². The first-order valence-corrected chi connectivity index (χ1v) is 45.3. The third-order valence-corrected chi connectivity index (χ3v) is 36.1. The summed E-state index contributed by atoms with van der Waals surface area (Å²) < 4.78 is 275. The third-order valence-electron chi connectivity index (χ3n) is 18.6. The van der Waals surface area contributed by atoms with E-state index in [-0.39, 0.29) is 58.5 Å². The van der Waals surface area contributed by atoms with Gasteiger partial charge in [0.15, 0.2) is 74.7 Å². The van der Waals surface area contributed by atoms with E-state index < -0.39 is 143 Å². The minimum Gasteiger partial charge on any atom is -0.447 e. The number of thiophene rings is 1. The number of rotatable bonds is 5. The second kappa shape index (κ2) is 33.1. The van der Waals surface area contributed by atoms with Crippen LogP contribution >= 0.6 is 10.5 Å². The lowest BCUT2D eigenvalue weighted by atomic mass is 10.1. The molecule has 20 rings (SSSR count). The fourth-order valence-corrected chi connectivity index (χ4v) is 31.7. The molecule has 0 atom stereocenters. The summed E-state index contributed by atoms with van der Waals surface area (Å²) in [6.45, 7) is 0. The minimum absolute atomic E-state index is 0.0133. The van der Waals surface area contributed by atoms with Crippen molar-refractivity contribution < 1.29 is 91.6 Å². The lowest BCUT2D eigenvalue weighted by molar-refractivity contribution is 0.447. The van der Waals surface area contributed by atoms with Gasteiger partial charge in [0.05, 0.1) is 10.8 Å². The highest BCUT2D eigenvalue weighted by molar-refractivity contribution is 8.01. The van der Waals surface area contributed by atoms with Crippen molar-refractivity contribution in [1.29, 1.82) is 0 Å². The monoisotopic (exact) mass is 1770 g/mol. The van der Waals surface area contributed by atoms with E-state index in [4.69, 9.17) is 4.74 Å². The van der Waals surface area contributed by atoms with Gasteiger partial charge in [0, 0.05) is 81.9 Å². The molecule has 0 aliphatic carbocycles. The highest BCUT2D eigenvalue weighted by atomic mass is 32.2. The lowest BCUT2D eigenvalue weighted by Gasteiger charge is -2.19. The van der Waals surface area contributed by atoms with Crippen molar-refractivity contribution in [1.82, 2.24) is 0 Å². The lowest BCUT2D eigenvalue weighted by Crippen LogP contribution is -2.21. The summed E-state index contributed by atoms with van der Waals surface area (Å²) in [5.74, 6) is -5.80. The van der Waals surface area contributed by atoms with Gasteiger partial charge in [0.2, 0.25) is 29.5 Å². The van der Waals surface area contributed by atoms with Crippen molar-refractivity contribution in [2.75, 3.05) is 0 Å². The molecule has 119 heavy (non-hydrogen) atoms. The Balaban J connectivity index is 0.000000111. The molecule has 1 aromatic heterocycles. The highest BCUT2D eigenvalue weighted by Crippen LogP contribution is 2.52. The zero-order valence-corrected chi connectivity index (χ0v) is 66.8. The number of hydrogen-bond acceptors (Lipinski definition) is 6. The molecular formula is C90H50F15O6S8+5. The Morgan fingerprint density at radius 3 is 0.824 bits per heavy atom. The molecule has 0 radical (unpaired) electrons. The van der Waals surface area contributed by atoms with Crippen molar-refractivity contribution >= 4 is 105 Å². The van der Waals surface area contributed by atoms with Gasteiger partial charge < -0.3 is 4.74 Å². The van der Waals surface area contributed by atoms with E-state index in [0.717, 1.165) is 66.4 Å². The summed E-state index contributed by atoms with van der Waals surface area (Å²) in [5.41, 5.74) is 0. The molecule has 5 heterocycles. The molecule has 594 valence electrons. The van der Waals surface area contributed by atoms with Crippen molar-refractivity contribution in [3.05, 3.63) is 391 Å². The molecule has 0 spiro atoms. The molecule has 0 N–H and O–H groups in total. The average Bonchev–Trinajstić information content (AvgIpc) is 1.63. The molecule has 16 aromatic rings. The van der Waals surface area contributed by atoms with Crippen LogP contribution in [-0.2, 0) is 74.1 Å². The van der Waals surface area contributed by atoms with Crippen LogP contribution in [0.3, 0.4) is 0 Å². The number of halogens is 15. The molecule has 4 aliphatic rings. The minimum atomic E-state index is -4.04. The summed E-state index contributed by atoms with van der Waals surface area (Å²) >= 11 is 0. The van der Waals surface area contributed by atoms with Crippen LogP contribution in [0.25, 0.3) is 25.1 Å². The molecule has 6 nitrogen and oxygen atoms in total. The molecule has 0 fully saturated rings. The molecule has 0 saturated carbocycles. The van der Waals surface area contributed by atoms with Gasteiger partial charge in [-0.05, 0) is 243 Å². The van der Waals surface area contributed by atoms with E-state index in [0.29, 0.717) is 65.3 Å². The van der Waals surface area contributed by atoms with Crippen LogP contribution in [0, 0.1) is 87.3 Å². The van der Waals surface area contributed by atoms with Crippen LogP contribution in [0.4, 0.5) is 65.9 Å². The molecule has 29 heteroatoms. The maximum absolute atomic E-state index is 13.8. The number of ether oxygens (including phenoxy) is 1. The zero-order valence-electron chi connectivity index (χ0n) is 60.3. The van der Waals surface area contributed by atoms with Crippen molar-refractivity contribution in [3.8, 4) is 16.4 Å². The normalized spacial score (nSPS) is 14.9. The molecule has 15 aromatic carbocycles. The standard InChI is InChI=1S/2C18H10F3O2S2.C18H10F3OS2.C18H10F3OS.C18H10F3S/c19-11-1-5-14(6-2-11)24-15-9-12(20)3-7-17(15)25(22,23)18-8-4-13(21)10-16(18)24;19-11-1-5-14(6-2-11)24-15-7-3-12(20)9-17(15)25(22,23)18-10-13(21)4-8-16(18)24;19-11-1-5-14(6-2-11)23-17-9-12(20)3-7-15(17)24(22)16-8-4-13(21)10-18(16)23;19-11-1-5-14(6-2-11)23-17-9-12(20)3-7-15(17)22-16-8-4-13(21)10-18(16)23;19-11-1-5-14(6-2-11)22-17-9-12(20)3-7-15(17)16-8-4-13(21)10-18(16)22/h2*1-10H;1-10H;1-10H;1-10H/q5*+1. The second-order valence-corrected chi connectivity index (χ2v) is 41.2. The molecule has 0 amide bonds. The van der Waals surface area contributed by atoms with E-state index in [1.807, 2.05) is 0 Å². The summed E-state index contributed by atoms with van der Waals surface area (Å²) in [7, 11) is -13.6. The van der Waals surface area contributed by atoms with Crippen LogP contribution in [0.1, 0.15) is 0 Å². The zero-order chi connectivity index (χ0) is 83.6. The second-order valence-electron chi connectivity index (χ2n) is 26.2. The first kappa shape index (κ1) is 81.5. The van der Waals surface area contributed by atoms with E-state index in [2.05, 4.69) is 0 Å². The summed E-state index contributed by atoms with van der Waals surface area (Å²) in [4.78, 5) is 7.81. The van der Waals surface area contributed by atoms with Gasteiger partial charge in [0.25, 0.3) is 0 Å². The maximum Gasteiger partial charge on any atom is 0.216 e. The fraction of sp³-hybridized carbons (Fsp3) is 0. The van der Waals surface area contributed by atoms with Crippen LogP contribution in [0.2, 0.25) is 0 Å². The Morgan fingerprint density at radius 1 is 0.218 bits per heavy atom. The quantitative estimate of drug-likeness (QED) is 0.0968. The Hall–Kier alpha value is -11.3. The predicted octanol–water partition coefficient (Wildman–Crippen LogP) is 24.8. The maximum atomic E-state index is 13.8. The van der Waals surface area contributed by atoms with E-state index in [1.54, 1.807) is 72.8 Å². The van der Waals surface area contributed by atoms with Gasteiger partial charge in [-0.25, -0.2) is 86.9 Å². The Bertz CT molecular complexity index is 6710. The van der Waals surface area contributed by atoms with Gasteiger partial charge in [-0.1, -0.05) is 0 Å². The van der Waals surface area contributed by atoms with E-state index in [9.17, 15) is 86.9 Å². The number of hydrogen-bond donors (Lipinski definition) is 0. The Morgan fingerprint density at radius 2 is 0.462 bits per heavy atom. The van der Waals surface area contributed by atoms with Crippen LogP contribution in [0.15, 0.2) is 391 Å². The molecular weight excluding hydrogens is 1720 g/mol. The van der Waals surface area contributed by atoms with Crippen molar-refractivity contribution in [2.45, 2.75) is 88.1 Å². The SMILES string of the molecule is Fc1ccc(-[s+]2c3cc(F)ccc3c3ccc(F)cc32)cc1.Fc1ccc([S+]2c3cc(F)ccc3Oc3ccc(F)cc32)cc1.O=S1(=O)c2cc(F)ccc2[S+](c2ccc(F)cc2)c2ccc(F)cc21.O=S1(=O)c2ccc(F)cc2[S+](c2ccc(F)cc2)c2cc(F)ccc21.O=S1c2ccc(F)cc2[S+](c2ccc(F)cc2)c2cc(F)ccc21. The molecule has 0 saturated heterocycles. The Labute approximate surface area is 686 Å². The van der Waals surface area contributed by atoms with E-state index in [1.165, 1.54) is 194 Å². The van der Waals surface area contributed by atoms with Gasteiger partial charge in [0.1, 0.15) is 160 Å². The van der Waals surface area contributed by atoms with Crippen molar-refractivity contribution in [2.24, 2.45) is 0 Å². The average molecular weight is 1770 g/mol. The van der Waals surface area contributed by atoms with Gasteiger partial charge in [-0.2, -0.15) is 0 Å². The highest BCUT2D eigenvalue weighted by Gasteiger charge is 2.49. The summed E-state index contributed by atoms with van der Waals surface area (Å²) in [5, 5.41) is 1.81. The summed E-state index contributed by atoms with van der Waals surface area (Å²) in [6, 6.07) is 68.9. The molecule has 0 bridgehead atoms. The molecule has 0 unspecified atom stereocenters. The van der Waals surface area contributed by atoms with Gasteiger partial charge in [-0.15, -0.1) is 0 Å². The number of sulfone groups is 2. The third kappa shape index (κ3) is 16.2. The van der Waals surface area contributed by atoms with Crippen LogP contribution in [-0.4, -0.2) is 21.0 Å². The fourth-order valence-electron chi connectivity index (χ4n) is 13.5. The number of fused-ring (bicyclic) bond motifs is 11. The van der Waals surface area contributed by atoms with Gasteiger partial charge in [-0.3, -0.25) is 0 Å². The first-order valence-electron chi connectivity index (χ1n) is 35.1. The van der Waals surface area contributed by atoms with Gasteiger partial charge >= 0.3 is 0 Å². The smallest absolute Gasteiger partial charge is 0.216 e. The topological polar surface area (TPSA) is 94.6 Å². The van der Waals surface area contributed by atoms with E-state index >= 15 is 0 Å².